The summed E-state index contributed by atoms with van der Waals surface area (Å²) in [5.74, 6) is 0.864. The van der Waals surface area contributed by atoms with Gasteiger partial charge in [0.2, 0.25) is 5.91 Å². The van der Waals surface area contributed by atoms with Crippen LogP contribution in [0.3, 0.4) is 0 Å². The molecule has 0 saturated carbocycles. The van der Waals surface area contributed by atoms with Gasteiger partial charge in [-0.1, -0.05) is 39.8 Å². The van der Waals surface area contributed by atoms with Gasteiger partial charge in [-0.15, -0.1) is 12.4 Å². The number of hydrogen-bond acceptors (Lipinski definition) is 4. The molecule has 2 heterocycles. The van der Waals surface area contributed by atoms with Gasteiger partial charge in [-0.3, -0.25) is 14.5 Å². The Labute approximate surface area is 208 Å². The highest BCUT2D eigenvalue weighted by Crippen LogP contribution is 2.38. The second-order valence-corrected chi connectivity index (χ2v) is 9.77. The molecule has 0 bridgehead atoms. The molecular weight excluding hydrogens is 448 g/mol. The van der Waals surface area contributed by atoms with Gasteiger partial charge >= 0.3 is 0 Å². The van der Waals surface area contributed by atoms with Gasteiger partial charge in [0.25, 0.3) is 0 Å². The first-order valence-electron chi connectivity index (χ1n) is 11.9. The van der Waals surface area contributed by atoms with E-state index in [1.54, 1.807) is 12.3 Å². The lowest BCUT2D eigenvalue weighted by Crippen LogP contribution is -2.36. The molecule has 0 fully saturated rings. The Balaban J connectivity index is 0.00000324. The fraction of sp³-hybridized carbons (Fsp3) is 0.444. The molecule has 0 spiro atoms. The van der Waals surface area contributed by atoms with Gasteiger partial charge in [0, 0.05) is 24.0 Å². The van der Waals surface area contributed by atoms with Crippen molar-refractivity contribution in [2.45, 2.75) is 71.9 Å². The average molecular weight is 483 g/mol. The molecule has 6 nitrogen and oxygen atoms in total. The molecule has 1 aliphatic carbocycles. The molecule has 0 aliphatic heterocycles. The van der Waals surface area contributed by atoms with E-state index in [0.29, 0.717) is 18.4 Å². The molecule has 34 heavy (non-hydrogen) atoms. The van der Waals surface area contributed by atoms with Crippen LogP contribution in [0.2, 0.25) is 0 Å². The van der Waals surface area contributed by atoms with Crippen LogP contribution < -0.4 is 4.90 Å². The quantitative estimate of drug-likeness (QED) is 0.459. The lowest BCUT2D eigenvalue weighted by molar-refractivity contribution is -0.120. The van der Waals surface area contributed by atoms with Gasteiger partial charge in [0.05, 0.1) is 30.5 Å². The topological polar surface area (TPSA) is 71.2 Å². The molecule has 0 radical (unpaired) electrons. The van der Waals surface area contributed by atoms with Gasteiger partial charge in [0.15, 0.2) is 0 Å². The van der Waals surface area contributed by atoms with Crippen LogP contribution in [0.4, 0.5) is 5.69 Å². The minimum atomic E-state index is -0.281. The number of amides is 1. The molecule has 182 valence electrons. The Morgan fingerprint density at radius 3 is 2.65 bits per heavy atom. The van der Waals surface area contributed by atoms with E-state index in [1.807, 2.05) is 46.2 Å². The van der Waals surface area contributed by atoms with Crippen LogP contribution in [0.25, 0.3) is 0 Å². The Hall–Kier alpha value is -2.86. The van der Waals surface area contributed by atoms with Crippen LogP contribution in [-0.4, -0.2) is 25.8 Å². The minimum Gasteiger partial charge on any atom is -0.508 e. The maximum absolute atomic E-state index is 14.0. The lowest BCUT2D eigenvalue weighted by atomic mass is 9.81. The summed E-state index contributed by atoms with van der Waals surface area (Å²) in [7, 11) is 0. The smallest absolute Gasteiger partial charge is 0.234 e. The Kier molecular flexibility index (Phi) is 8.37. The van der Waals surface area contributed by atoms with E-state index in [0.717, 1.165) is 53.9 Å². The predicted octanol–water partition coefficient (Wildman–Crippen LogP) is 5.84. The standard InChI is InChI=1S/C27H34N4O2.ClH/c1-18(2)15-30-16-20(13-29-30)17-31(21-11-12-25(19(3)4)28-14-21)27(33)24-9-5-8-23-22(24)7-6-10-26(23)32;/h6-7,10-14,16,18-19,24,32H,5,8-9,15,17H2,1-4H3;1H. The number of pyridine rings is 1. The monoisotopic (exact) mass is 482 g/mol. The maximum Gasteiger partial charge on any atom is 0.234 e. The number of phenolic OH excluding ortho intramolecular Hbond substituents is 1. The summed E-state index contributed by atoms with van der Waals surface area (Å²) in [4.78, 5) is 20.4. The third-order valence-electron chi connectivity index (χ3n) is 6.30. The third-order valence-corrected chi connectivity index (χ3v) is 6.30. The minimum absolute atomic E-state index is 0. The summed E-state index contributed by atoms with van der Waals surface area (Å²) in [6.07, 6.45) is 8.13. The number of carbonyl (C=O) groups is 1. The van der Waals surface area contributed by atoms with E-state index in [1.165, 1.54) is 0 Å². The van der Waals surface area contributed by atoms with Crippen LogP contribution in [0.1, 0.15) is 74.8 Å². The van der Waals surface area contributed by atoms with E-state index >= 15 is 0 Å². The molecule has 1 atom stereocenters. The van der Waals surface area contributed by atoms with Crippen molar-refractivity contribution in [2.75, 3.05) is 4.90 Å². The molecule has 1 amide bonds. The summed E-state index contributed by atoms with van der Waals surface area (Å²) >= 11 is 0. The number of nitrogens with zero attached hydrogens (tertiary/aromatic N) is 4. The van der Waals surface area contributed by atoms with Gasteiger partial charge in [0.1, 0.15) is 5.75 Å². The molecule has 4 rings (SSSR count). The van der Waals surface area contributed by atoms with Crippen molar-refractivity contribution >= 4 is 24.0 Å². The van der Waals surface area contributed by atoms with Crippen molar-refractivity contribution in [3.8, 4) is 5.75 Å². The largest absolute Gasteiger partial charge is 0.508 e. The molecule has 1 aliphatic rings. The van der Waals surface area contributed by atoms with Crippen molar-refractivity contribution in [2.24, 2.45) is 5.92 Å². The predicted molar refractivity (Wildman–Crippen MR) is 138 cm³/mol. The molecule has 1 unspecified atom stereocenters. The van der Waals surface area contributed by atoms with Gasteiger partial charge in [-0.2, -0.15) is 5.10 Å². The number of benzene rings is 1. The number of rotatable bonds is 7. The van der Waals surface area contributed by atoms with Crippen molar-refractivity contribution in [3.63, 3.8) is 0 Å². The first-order valence-corrected chi connectivity index (χ1v) is 11.9. The maximum atomic E-state index is 14.0. The van der Waals surface area contributed by atoms with E-state index < -0.39 is 0 Å². The molecule has 2 aromatic heterocycles. The van der Waals surface area contributed by atoms with Crippen LogP contribution in [0.15, 0.2) is 48.9 Å². The first-order chi connectivity index (χ1) is 15.8. The van der Waals surface area contributed by atoms with Crippen molar-refractivity contribution in [3.05, 3.63) is 71.3 Å². The van der Waals surface area contributed by atoms with Crippen LogP contribution in [0.5, 0.6) is 5.75 Å². The zero-order valence-corrected chi connectivity index (χ0v) is 21.3. The number of halogens is 1. The van der Waals surface area contributed by atoms with E-state index in [4.69, 9.17) is 0 Å². The summed E-state index contributed by atoms with van der Waals surface area (Å²) in [5.41, 5.74) is 4.62. The van der Waals surface area contributed by atoms with E-state index in [9.17, 15) is 9.90 Å². The molecule has 1 aromatic carbocycles. The highest BCUT2D eigenvalue weighted by molar-refractivity contribution is 5.98. The number of aromatic nitrogens is 3. The average Bonchev–Trinajstić information content (AvgIpc) is 3.23. The Morgan fingerprint density at radius 2 is 1.97 bits per heavy atom. The summed E-state index contributed by atoms with van der Waals surface area (Å²) < 4.78 is 1.94. The molecule has 0 saturated heterocycles. The van der Waals surface area contributed by atoms with Crippen LogP contribution in [0, 0.1) is 5.92 Å². The fourth-order valence-corrected chi connectivity index (χ4v) is 4.61. The lowest BCUT2D eigenvalue weighted by Gasteiger charge is -2.31. The zero-order valence-electron chi connectivity index (χ0n) is 20.4. The normalized spacial score (nSPS) is 15.2. The van der Waals surface area contributed by atoms with Gasteiger partial charge in [-0.05, 0) is 60.4 Å². The fourth-order valence-electron chi connectivity index (χ4n) is 4.61. The van der Waals surface area contributed by atoms with Gasteiger partial charge in [-0.25, -0.2) is 0 Å². The number of fused-ring (bicyclic) bond motifs is 1. The number of anilines is 1. The Morgan fingerprint density at radius 1 is 1.18 bits per heavy atom. The second-order valence-electron chi connectivity index (χ2n) is 9.77. The van der Waals surface area contributed by atoms with Crippen LogP contribution in [-0.2, 0) is 24.3 Å². The van der Waals surface area contributed by atoms with E-state index in [2.05, 4.69) is 37.8 Å². The number of phenols is 1. The summed E-state index contributed by atoms with van der Waals surface area (Å²) in [6, 6.07) is 9.52. The molecular formula is C27H35ClN4O2. The number of carbonyl (C=O) groups excluding carboxylic acids is 1. The van der Waals surface area contributed by atoms with E-state index in [-0.39, 0.29) is 30.0 Å². The zero-order chi connectivity index (χ0) is 23.5. The second kappa shape index (κ2) is 11.0. The van der Waals surface area contributed by atoms with Crippen molar-refractivity contribution in [1.82, 2.24) is 14.8 Å². The highest BCUT2D eigenvalue weighted by atomic mass is 35.5. The third kappa shape index (κ3) is 5.61. The summed E-state index contributed by atoms with van der Waals surface area (Å²) in [6.45, 7) is 9.82. The molecule has 7 heteroatoms. The van der Waals surface area contributed by atoms with Crippen molar-refractivity contribution < 1.29 is 9.90 Å². The highest BCUT2D eigenvalue weighted by Gasteiger charge is 2.32. The van der Waals surface area contributed by atoms with Gasteiger partial charge < -0.3 is 10.0 Å². The molecule has 3 aromatic rings. The Bertz CT molecular complexity index is 1110. The summed E-state index contributed by atoms with van der Waals surface area (Å²) in [5, 5.41) is 14.8. The SMILES string of the molecule is CC(C)Cn1cc(CN(C(=O)C2CCCc3c(O)cccc32)c2ccc(C(C)C)nc2)cn1.Cl. The van der Waals surface area contributed by atoms with Crippen molar-refractivity contribution in [1.29, 1.82) is 0 Å². The first kappa shape index (κ1) is 25.8. The van der Waals surface area contributed by atoms with Crippen LogP contribution >= 0.6 is 12.4 Å². The number of hydrogen-bond donors (Lipinski definition) is 1. The molecule has 1 N–H and O–H groups in total. The number of aromatic hydroxyl groups is 1.